The molecule has 0 atom stereocenters. The van der Waals surface area contributed by atoms with Gasteiger partial charge in [0, 0.05) is 0 Å². The van der Waals surface area contributed by atoms with Crippen LogP contribution in [0.15, 0.2) is 25.8 Å². The Balaban J connectivity index is 2.29. The molecule has 0 saturated heterocycles. The Morgan fingerprint density at radius 1 is 0.400 bits per heavy atom. The molecule has 0 amide bonds. The molecule has 1 heterocycles. The molecular weight excluding hydrogens is 270 g/mol. The predicted molar refractivity (Wildman–Crippen MR) is 72.2 cm³/mol. The molecule has 0 radical (unpaired) electrons. The fourth-order valence-corrected chi connectivity index (χ4v) is 0.798. The maximum absolute atomic E-state index is 4.82. The van der Waals surface area contributed by atoms with Gasteiger partial charge in [0.05, 0.1) is 31.1 Å². The Labute approximate surface area is 115 Å². The van der Waals surface area contributed by atoms with E-state index in [1.165, 1.54) is 31.1 Å². The predicted octanol–water partition coefficient (Wildman–Crippen LogP) is 0.0120. The van der Waals surface area contributed by atoms with E-state index >= 15 is 0 Å². The summed E-state index contributed by atoms with van der Waals surface area (Å²) in [5, 5.41) is 17.9. The number of nitrogens with zero attached hydrogens (tertiary/aromatic N) is 5. The van der Waals surface area contributed by atoms with Crippen molar-refractivity contribution in [1.82, 2.24) is 0 Å². The SMILES string of the molecule is C1=NOC/C=N\OC/C=N/OC/C=N/OC/C=N/OC1. The molecule has 1 rings (SSSR count). The summed E-state index contributed by atoms with van der Waals surface area (Å²) in [7, 11) is 0. The van der Waals surface area contributed by atoms with Gasteiger partial charge in [-0.05, 0) is 0 Å². The standard InChI is InChI=1S/C10H15N5O5/c1-6-16-12-3-8-18-14-5-10-20-15-4-9-19-13-2-7-17-11-1/h1-5H,6-10H2/b11-1-,12-3?,13-2+,14-5+,15-4+. The highest BCUT2D eigenvalue weighted by atomic mass is 16.7. The second-order valence-electron chi connectivity index (χ2n) is 2.92. The molecule has 110 valence electrons. The molecule has 0 aliphatic carbocycles. The zero-order valence-electron chi connectivity index (χ0n) is 10.7. The monoisotopic (exact) mass is 285 g/mol. The average molecular weight is 285 g/mol. The molecule has 0 fully saturated rings. The van der Waals surface area contributed by atoms with Crippen LogP contribution < -0.4 is 0 Å². The molecule has 10 heteroatoms. The molecule has 1 aliphatic heterocycles. The summed E-state index contributed by atoms with van der Waals surface area (Å²) < 4.78 is 0. The van der Waals surface area contributed by atoms with Crippen molar-refractivity contribution in [2.45, 2.75) is 0 Å². The summed E-state index contributed by atoms with van der Waals surface area (Å²) in [6.45, 7) is 0.891. The highest BCUT2D eigenvalue weighted by molar-refractivity contribution is 5.61. The molecule has 0 N–H and O–H groups in total. The van der Waals surface area contributed by atoms with Crippen molar-refractivity contribution in [3.8, 4) is 0 Å². The van der Waals surface area contributed by atoms with Gasteiger partial charge in [0.2, 0.25) is 0 Å². The van der Waals surface area contributed by atoms with E-state index < -0.39 is 0 Å². The first-order valence-corrected chi connectivity index (χ1v) is 5.69. The molecule has 0 saturated carbocycles. The van der Waals surface area contributed by atoms with Crippen molar-refractivity contribution in [3.63, 3.8) is 0 Å². The number of hydrogen-bond donors (Lipinski definition) is 0. The molecule has 0 aromatic heterocycles. The van der Waals surface area contributed by atoms with E-state index in [1.54, 1.807) is 0 Å². The molecule has 1 aliphatic rings. The maximum Gasteiger partial charge on any atom is 0.155 e. The Morgan fingerprint density at radius 3 is 0.800 bits per heavy atom. The van der Waals surface area contributed by atoms with E-state index in [0.717, 1.165) is 0 Å². The first kappa shape index (κ1) is 15.4. The van der Waals surface area contributed by atoms with E-state index in [0.29, 0.717) is 0 Å². The smallest absolute Gasteiger partial charge is 0.155 e. The van der Waals surface area contributed by atoms with Crippen LogP contribution in [0.25, 0.3) is 0 Å². The summed E-state index contributed by atoms with van der Waals surface area (Å²) >= 11 is 0. The van der Waals surface area contributed by atoms with Crippen molar-refractivity contribution in [2.75, 3.05) is 33.0 Å². The van der Waals surface area contributed by atoms with Gasteiger partial charge in [-0.2, -0.15) is 0 Å². The summed E-state index contributed by atoms with van der Waals surface area (Å²) in [5.74, 6) is 0. The lowest BCUT2D eigenvalue weighted by Crippen LogP contribution is -1.98. The minimum Gasteiger partial charge on any atom is -0.390 e. The van der Waals surface area contributed by atoms with Gasteiger partial charge in [-0.25, -0.2) is 0 Å². The third-order valence-corrected chi connectivity index (χ3v) is 1.49. The maximum atomic E-state index is 4.82. The van der Waals surface area contributed by atoms with Crippen molar-refractivity contribution < 1.29 is 24.2 Å². The quantitative estimate of drug-likeness (QED) is 0.623. The van der Waals surface area contributed by atoms with Crippen LogP contribution in [0.2, 0.25) is 0 Å². The zero-order chi connectivity index (χ0) is 14.1. The topological polar surface area (TPSA) is 108 Å². The highest BCUT2D eigenvalue weighted by Crippen LogP contribution is 1.80. The lowest BCUT2D eigenvalue weighted by atomic mass is 10.8. The molecule has 20 heavy (non-hydrogen) atoms. The van der Waals surface area contributed by atoms with Crippen LogP contribution in [0.1, 0.15) is 0 Å². The first-order valence-electron chi connectivity index (χ1n) is 5.69. The lowest BCUT2D eigenvalue weighted by Gasteiger charge is -1.96. The molecule has 0 unspecified atom stereocenters. The molecule has 0 aromatic rings. The Bertz CT molecular complexity index is 258. The Hall–Kier alpha value is -2.65. The van der Waals surface area contributed by atoms with Crippen LogP contribution >= 0.6 is 0 Å². The minimum absolute atomic E-state index is 0.178. The second-order valence-corrected chi connectivity index (χ2v) is 2.92. The van der Waals surface area contributed by atoms with E-state index in [2.05, 4.69) is 25.8 Å². The minimum atomic E-state index is 0.178. The number of oxime groups is 5. The third kappa shape index (κ3) is 10.5. The molecule has 0 bridgehead atoms. The molecule has 0 aromatic carbocycles. The highest BCUT2D eigenvalue weighted by Gasteiger charge is 1.83. The molecule has 10 nitrogen and oxygen atoms in total. The Kier molecular flexibility index (Phi) is 9.86. The second kappa shape index (κ2) is 12.8. The van der Waals surface area contributed by atoms with Crippen molar-refractivity contribution >= 4 is 31.1 Å². The Morgan fingerprint density at radius 2 is 0.600 bits per heavy atom. The number of rotatable bonds is 0. The largest absolute Gasteiger partial charge is 0.390 e. The van der Waals surface area contributed by atoms with Gasteiger partial charge < -0.3 is 24.2 Å². The molecular formula is C10H15N5O5. The van der Waals surface area contributed by atoms with Crippen LogP contribution in [0.5, 0.6) is 0 Å². The lowest BCUT2D eigenvalue weighted by molar-refractivity contribution is 0.150. The zero-order valence-corrected chi connectivity index (χ0v) is 10.7. The van der Waals surface area contributed by atoms with Gasteiger partial charge in [-0.1, -0.05) is 25.8 Å². The molecule has 0 spiro atoms. The first-order chi connectivity index (χ1) is 10.0. The van der Waals surface area contributed by atoms with Gasteiger partial charge in [0.25, 0.3) is 0 Å². The van der Waals surface area contributed by atoms with Crippen LogP contribution in [0, 0.1) is 0 Å². The van der Waals surface area contributed by atoms with Gasteiger partial charge in [-0.15, -0.1) is 0 Å². The van der Waals surface area contributed by atoms with E-state index in [9.17, 15) is 0 Å². The van der Waals surface area contributed by atoms with Gasteiger partial charge in [-0.3, -0.25) is 0 Å². The fraction of sp³-hybridized carbons (Fsp3) is 0.500. The summed E-state index contributed by atoms with van der Waals surface area (Å²) in [6.07, 6.45) is 7.05. The third-order valence-electron chi connectivity index (χ3n) is 1.49. The van der Waals surface area contributed by atoms with Crippen molar-refractivity contribution in [1.29, 1.82) is 0 Å². The van der Waals surface area contributed by atoms with E-state index in [4.69, 9.17) is 24.2 Å². The average Bonchev–Trinajstić information content (AvgIpc) is 2.46. The van der Waals surface area contributed by atoms with Crippen LogP contribution in [-0.4, -0.2) is 64.1 Å². The van der Waals surface area contributed by atoms with Crippen LogP contribution in [0.3, 0.4) is 0 Å². The van der Waals surface area contributed by atoms with Gasteiger partial charge in [0.15, 0.2) is 33.0 Å². The number of hydrogen-bond acceptors (Lipinski definition) is 10. The van der Waals surface area contributed by atoms with E-state index in [1.807, 2.05) is 0 Å². The van der Waals surface area contributed by atoms with Gasteiger partial charge >= 0.3 is 0 Å². The normalized spacial score (nSPS) is 24.4. The van der Waals surface area contributed by atoms with Gasteiger partial charge in [0.1, 0.15) is 0 Å². The van der Waals surface area contributed by atoms with Crippen LogP contribution in [-0.2, 0) is 24.2 Å². The van der Waals surface area contributed by atoms with Crippen molar-refractivity contribution in [2.24, 2.45) is 25.8 Å². The summed E-state index contributed by atoms with van der Waals surface area (Å²) in [5.41, 5.74) is 0. The summed E-state index contributed by atoms with van der Waals surface area (Å²) in [4.78, 5) is 24.1. The fourth-order valence-electron chi connectivity index (χ4n) is 0.798. The van der Waals surface area contributed by atoms with E-state index in [-0.39, 0.29) is 33.0 Å². The van der Waals surface area contributed by atoms with Crippen LogP contribution in [0.4, 0.5) is 0 Å². The van der Waals surface area contributed by atoms with Crippen molar-refractivity contribution in [3.05, 3.63) is 0 Å². The summed E-state index contributed by atoms with van der Waals surface area (Å²) in [6, 6.07) is 0.